The van der Waals surface area contributed by atoms with E-state index >= 15 is 0 Å². The quantitative estimate of drug-likeness (QED) is 0.672. The molecular weight excluding hydrogens is 325 g/mol. The van der Waals surface area contributed by atoms with Crippen LogP contribution in [0.25, 0.3) is 0 Å². The third-order valence-corrected chi connectivity index (χ3v) is 4.99. The number of hydrogen-bond donors (Lipinski definition) is 3. The number of primary sulfonamides is 1. The van der Waals surface area contributed by atoms with Crippen molar-refractivity contribution in [1.82, 2.24) is 4.72 Å². The van der Waals surface area contributed by atoms with Gasteiger partial charge in [-0.1, -0.05) is 11.6 Å². The van der Waals surface area contributed by atoms with Crippen LogP contribution in [0.5, 0.6) is 0 Å². The van der Waals surface area contributed by atoms with E-state index in [0.29, 0.717) is 0 Å². The first-order valence-electron chi connectivity index (χ1n) is 4.32. The summed E-state index contributed by atoms with van der Waals surface area (Å²) in [5.74, 6) is 0. The molecule has 0 radical (unpaired) electrons. The predicted octanol–water partition coefficient (Wildman–Crippen LogP) is 0.0705. The summed E-state index contributed by atoms with van der Waals surface area (Å²) < 4.78 is 47.9. The van der Waals surface area contributed by atoms with Crippen molar-refractivity contribution in [2.45, 2.75) is 9.79 Å². The van der Waals surface area contributed by atoms with Crippen LogP contribution in [0.2, 0.25) is 5.02 Å². The van der Waals surface area contributed by atoms with Crippen molar-refractivity contribution in [2.75, 3.05) is 12.0 Å². The van der Waals surface area contributed by atoms with Crippen LogP contribution in [0.3, 0.4) is 0 Å². The molecule has 11 heteroatoms. The molecule has 0 bridgehead atoms. The summed E-state index contributed by atoms with van der Waals surface area (Å²) in [4.78, 5) is -0.621. The predicted molar refractivity (Wildman–Crippen MR) is 68.9 cm³/mol. The van der Waals surface area contributed by atoms with Crippen molar-refractivity contribution in [3.8, 4) is 0 Å². The van der Waals surface area contributed by atoms with Crippen LogP contribution in [-0.4, -0.2) is 23.5 Å². The number of nitrogens with two attached hydrogens (primary N) is 1. The molecule has 0 spiro atoms. The molecule has 0 aliphatic carbocycles. The van der Waals surface area contributed by atoms with Crippen LogP contribution in [0.15, 0.2) is 21.9 Å². The fourth-order valence-electron chi connectivity index (χ4n) is 1.42. The Morgan fingerprint density at radius 1 is 1.33 bits per heavy atom. The average Bonchev–Trinajstić information content (AvgIpc) is 2.13. The lowest BCUT2D eigenvalue weighted by atomic mass is 10.3. The fourth-order valence-corrected chi connectivity index (χ4v) is 3.70. The molecular formula is C7H9Cl2N3O4S2. The zero-order valence-electron chi connectivity index (χ0n) is 8.67. The summed E-state index contributed by atoms with van der Waals surface area (Å²) in [7, 11) is -7.80. The Bertz CT molecular complexity index is 687. The van der Waals surface area contributed by atoms with E-state index in [0.717, 1.165) is 6.07 Å². The van der Waals surface area contributed by atoms with E-state index in [1.165, 1.54) is 6.07 Å². The van der Waals surface area contributed by atoms with Crippen molar-refractivity contribution in [2.24, 2.45) is 5.14 Å². The topological polar surface area (TPSA) is 118 Å². The third-order valence-electron chi connectivity index (χ3n) is 2.17. The Balaban J connectivity index is 0.00000162. The van der Waals surface area contributed by atoms with Crippen molar-refractivity contribution in [3.63, 3.8) is 0 Å². The highest BCUT2D eigenvalue weighted by atomic mass is 35.5. The van der Waals surface area contributed by atoms with Crippen LogP contribution < -0.4 is 15.2 Å². The van der Waals surface area contributed by atoms with E-state index < -0.39 is 24.9 Å². The summed E-state index contributed by atoms with van der Waals surface area (Å²) in [5.41, 5.74) is 0.237. The van der Waals surface area contributed by atoms with Gasteiger partial charge in [0.2, 0.25) is 20.0 Å². The average molecular weight is 334 g/mol. The van der Waals surface area contributed by atoms with Gasteiger partial charge in [-0.3, -0.25) is 0 Å². The van der Waals surface area contributed by atoms with Gasteiger partial charge in [0.05, 0.1) is 17.4 Å². The smallest absolute Gasteiger partial charge is 0.244 e. The second kappa shape index (κ2) is 4.83. The van der Waals surface area contributed by atoms with Crippen LogP contribution in [0.4, 0.5) is 5.69 Å². The van der Waals surface area contributed by atoms with Crippen LogP contribution in [0.1, 0.15) is 0 Å². The Morgan fingerprint density at radius 2 is 1.94 bits per heavy atom. The van der Waals surface area contributed by atoms with Gasteiger partial charge in [0.1, 0.15) is 9.79 Å². The molecule has 1 aliphatic heterocycles. The second-order valence-corrected chi connectivity index (χ2v) is 7.00. The van der Waals surface area contributed by atoms with Crippen molar-refractivity contribution in [1.29, 1.82) is 0 Å². The van der Waals surface area contributed by atoms with Gasteiger partial charge in [0.15, 0.2) is 0 Å². The SMILES string of the molecule is Cl.NS(=O)(=O)c1cc2c(cc1Cl)NCNS2(=O)=O. The molecule has 0 fully saturated rings. The standard InChI is InChI=1S/C7H8ClN3O4S2.ClH/c8-4-1-5-7(2-6(4)16(9,12)13)17(14,15)11-3-10-5;/h1-2,10-11H,3H2,(H2,9,12,13);1H. The third kappa shape index (κ3) is 2.71. The minimum Gasteiger partial charge on any atom is -0.370 e. The molecule has 1 aliphatic rings. The first-order valence-corrected chi connectivity index (χ1v) is 7.72. The Hall–Kier alpha value is -0.580. The number of nitrogens with one attached hydrogen (secondary N) is 2. The maximum Gasteiger partial charge on any atom is 0.244 e. The number of rotatable bonds is 1. The van der Waals surface area contributed by atoms with Gasteiger partial charge >= 0.3 is 0 Å². The Labute approximate surface area is 115 Å². The molecule has 0 aromatic heterocycles. The number of fused-ring (bicyclic) bond motifs is 1. The van der Waals surface area contributed by atoms with E-state index in [1.807, 2.05) is 0 Å². The normalized spacial score (nSPS) is 17.2. The minimum absolute atomic E-state index is 0. The summed E-state index contributed by atoms with van der Waals surface area (Å²) in [5, 5.41) is 7.53. The van der Waals surface area contributed by atoms with Crippen molar-refractivity contribution >= 4 is 49.7 Å². The maximum atomic E-state index is 11.6. The molecule has 0 saturated carbocycles. The molecule has 4 N–H and O–H groups in total. The Morgan fingerprint density at radius 3 is 2.50 bits per heavy atom. The number of benzene rings is 1. The summed E-state index contributed by atoms with van der Waals surface area (Å²) in [6.07, 6.45) is 0. The lowest BCUT2D eigenvalue weighted by molar-refractivity contribution is 0.581. The van der Waals surface area contributed by atoms with Gasteiger partial charge in [-0.05, 0) is 12.1 Å². The van der Waals surface area contributed by atoms with E-state index in [9.17, 15) is 16.8 Å². The van der Waals surface area contributed by atoms with Gasteiger partial charge in [-0.25, -0.2) is 22.0 Å². The van der Waals surface area contributed by atoms with Crippen LogP contribution >= 0.6 is 24.0 Å². The molecule has 2 rings (SSSR count). The van der Waals surface area contributed by atoms with E-state index in [2.05, 4.69) is 10.0 Å². The maximum absolute atomic E-state index is 11.6. The number of anilines is 1. The van der Waals surface area contributed by atoms with Gasteiger partial charge in [-0.15, -0.1) is 12.4 Å². The van der Waals surface area contributed by atoms with Crippen molar-refractivity contribution < 1.29 is 16.8 Å². The first kappa shape index (κ1) is 15.5. The highest BCUT2D eigenvalue weighted by molar-refractivity contribution is 7.90. The van der Waals surface area contributed by atoms with E-state index in [1.54, 1.807) is 0 Å². The zero-order valence-corrected chi connectivity index (χ0v) is 11.9. The molecule has 0 amide bonds. The fraction of sp³-hybridized carbons (Fsp3) is 0.143. The Kier molecular flexibility index (Phi) is 4.16. The lowest BCUT2D eigenvalue weighted by Crippen LogP contribution is -2.34. The van der Waals surface area contributed by atoms with Crippen LogP contribution in [-0.2, 0) is 20.0 Å². The molecule has 1 heterocycles. The summed E-state index contributed by atoms with van der Waals surface area (Å²) in [6.45, 7) is 0.0143. The summed E-state index contributed by atoms with van der Waals surface area (Å²) in [6, 6.07) is 2.15. The number of sulfonamides is 2. The number of halogens is 2. The van der Waals surface area contributed by atoms with E-state index in [4.69, 9.17) is 16.7 Å². The summed E-state index contributed by atoms with van der Waals surface area (Å²) >= 11 is 5.72. The second-order valence-electron chi connectivity index (χ2n) is 3.33. The molecule has 1 aromatic rings. The lowest BCUT2D eigenvalue weighted by Gasteiger charge is -2.20. The molecule has 0 saturated heterocycles. The first-order chi connectivity index (χ1) is 7.72. The van der Waals surface area contributed by atoms with Gasteiger partial charge in [0, 0.05) is 0 Å². The minimum atomic E-state index is -4.07. The molecule has 0 unspecified atom stereocenters. The molecule has 7 nitrogen and oxygen atoms in total. The number of hydrogen-bond acceptors (Lipinski definition) is 5. The van der Waals surface area contributed by atoms with E-state index in [-0.39, 0.29) is 34.7 Å². The monoisotopic (exact) mass is 333 g/mol. The van der Waals surface area contributed by atoms with Gasteiger partial charge in [-0.2, -0.15) is 4.72 Å². The van der Waals surface area contributed by atoms with Gasteiger partial charge in [0.25, 0.3) is 0 Å². The van der Waals surface area contributed by atoms with Crippen molar-refractivity contribution in [3.05, 3.63) is 17.2 Å². The molecule has 0 atom stereocenters. The largest absolute Gasteiger partial charge is 0.370 e. The van der Waals surface area contributed by atoms with Crippen LogP contribution in [0, 0.1) is 0 Å². The molecule has 1 aromatic carbocycles. The van der Waals surface area contributed by atoms with Gasteiger partial charge < -0.3 is 5.32 Å². The highest BCUT2D eigenvalue weighted by Gasteiger charge is 2.26. The molecule has 18 heavy (non-hydrogen) atoms. The molecule has 102 valence electrons. The zero-order chi connectivity index (χ0) is 12.8. The highest BCUT2D eigenvalue weighted by Crippen LogP contribution is 2.32.